The summed E-state index contributed by atoms with van der Waals surface area (Å²) in [5.74, 6) is 0.431. The molecule has 1 aliphatic carbocycles. The van der Waals surface area contributed by atoms with Crippen molar-refractivity contribution in [1.82, 2.24) is 4.90 Å². The fourth-order valence-electron chi connectivity index (χ4n) is 1.95. The Balaban J connectivity index is 0.00000200. The summed E-state index contributed by atoms with van der Waals surface area (Å²) in [6, 6.07) is 5.74. The molecule has 1 fully saturated rings. The van der Waals surface area contributed by atoms with E-state index in [1.807, 2.05) is 24.1 Å². The van der Waals surface area contributed by atoms with Crippen LogP contribution in [0.2, 0.25) is 0 Å². The second-order valence-corrected chi connectivity index (χ2v) is 5.84. The largest absolute Gasteiger partial charge is 0.370 e. The van der Waals surface area contributed by atoms with E-state index in [0.29, 0.717) is 25.0 Å². The number of halogens is 3. The number of aryl methyl sites for hydroxylation is 1. The Hall–Kier alpha value is -0.370. The van der Waals surface area contributed by atoms with Crippen LogP contribution in [-0.4, -0.2) is 30.5 Å². The van der Waals surface area contributed by atoms with Gasteiger partial charge in [-0.3, -0.25) is 4.99 Å². The van der Waals surface area contributed by atoms with Gasteiger partial charge in [0.05, 0.1) is 0 Å². The highest BCUT2D eigenvalue weighted by Crippen LogP contribution is 2.24. The Morgan fingerprint density at radius 2 is 2.20 bits per heavy atom. The number of aliphatic imine (C=N–C) groups is 1. The highest BCUT2D eigenvalue weighted by Gasteiger charge is 2.27. The Kier molecular flexibility index (Phi) is 7.22. The third kappa shape index (κ3) is 5.20. The van der Waals surface area contributed by atoms with Crippen molar-refractivity contribution in [3.05, 3.63) is 34.1 Å². The van der Waals surface area contributed by atoms with Crippen molar-refractivity contribution < 1.29 is 4.39 Å². The molecule has 0 atom stereocenters. The number of benzene rings is 1. The third-order valence-corrected chi connectivity index (χ3v) is 3.84. The second kappa shape index (κ2) is 8.17. The Bertz CT molecular complexity index is 477. The molecule has 112 valence electrons. The number of nitrogens with two attached hydrogens (primary N) is 1. The second-order valence-electron chi connectivity index (χ2n) is 4.92. The lowest BCUT2D eigenvalue weighted by atomic mass is 10.1. The first-order chi connectivity index (χ1) is 9.08. The normalized spacial score (nSPS) is 14.8. The molecule has 0 bridgehead atoms. The van der Waals surface area contributed by atoms with E-state index in [4.69, 9.17) is 5.73 Å². The van der Waals surface area contributed by atoms with Crippen molar-refractivity contribution in [1.29, 1.82) is 0 Å². The van der Waals surface area contributed by atoms with Crippen molar-refractivity contribution in [2.45, 2.75) is 31.7 Å². The minimum absolute atomic E-state index is 0. The zero-order chi connectivity index (χ0) is 13.8. The summed E-state index contributed by atoms with van der Waals surface area (Å²) in [7, 11) is 1.98. The maximum Gasteiger partial charge on any atom is 0.191 e. The number of hydrogen-bond acceptors (Lipinski definition) is 1. The molecule has 6 heteroatoms. The lowest BCUT2D eigenvalue weighted by Gasteiger charge is -2.16. The summed E-state index contributed by atoms with van der Waals surface area (Å²) in [5, 5.41) is 0. The molecule has 0 heterocycles. The number of nitrogens with zero attached hydrogens (tertiary/aromatic N) is 2. The first kappa shape index (κ1) is 17.7. The zero-order valence-electron chi connectivity index (χ0n) is 11.5. The zero-order valence-corrected chi connectivity index (χ0v) is 15.4. The van der Waals surface area contributed by atoms with Crippen molar-refractivity contribution in [3.8, 4) is 0 Å². The van der Waals surface area contributed by atoms with E-state index in [9.17, 15) is 4.39 Å². The van der Waals surface area contributed by atoms with Gasteiger partial charge in [-0.25, -0.2) is 4.39 Å². The van der Waals surface area contributed by atoms with Crippen LogP contribution in [0.15, 0.2) is 27.7 Å². The van der Waals surface area contributed by atoms with Gasteiger partial charge in [-0.2, -0.15) is 0 Å². The molecule has 1 aliphatic rings. The van der Waals surface area contributed by atoms with Gasteiger partial charge in [0.25, 0.3) is 0 Å². The Morgan fingerprint density at radius 3 is 2.80 bits per heavy atom. The number of hydrogen-bond donors (Lipinski definition) is 1. The molecule has 20 heavy (non-hydrogen) atoms. The fourth-order valence-corrected chi connectivity index (χ4v) is 2.28. The molecule has 0 spiro atoms. The van der Waals surface area contributed by atoms with Gasteiger partial charge in [-0.1, -0.05) is 22.0 Å². The SMILES string of the molecule is CN(C(N)=NCCCc1ccc(Br)cc1F)C1CC1.I. The van der Waals surface area contributed by atoms with E-state index in [0.717, 1.165) is 16.5 Å². The van der Waals surface area contributed by atoms with Crippen molar-refractivity contribution in [3.63, 3.8) is 0 Å². The van der Waals surface area contributed by atoms with Gasteiger partial charge < -0.3 is 10.6 Å². The van der Waals surface area contributed by atoms with Gasteiger partial charge in [-0.15, -0.1) is 24.0 Å². The topological polar surface area (TPSA) is 41.6 Å². The summed E-state index contributed by atoms with van der Waals surface area (Å²) in [6.45, 7) is 0.637. The minimum Gasteiger partial charge on any atom is -0.370 e. The minimum atomic E-state index is -0.165. The molecule has 1 aromatic rings. The Labute approximate surface area is 145 Å². The molecule has 0 aromatic heterocycles. The van der Waals surface area contributed by atoms with Gasteiger partial charge in [-0.05, 0) is 43.4 Å². The molecule has 0 aliphatic heterocycles. The first-order valence-corrected chi connectivity index (χ1v) is 7.34. The molecule has 1 saturated carbocycles. The predicted octanol–water partition coefficient (Wildman–Crippen LogP) is 3.55. The van der Waals surface area contributed by atoms with Crippen LogP contribution in [0.25, 0.3) is 0 Å². The molecular weight excluding hydrogens is 436 g/mol. The van der Waals surface area contributed by atoms with Crippen LogP contribution in [0.4, 0.5) is 4.39 Å². The van der Waals surface area contributed by atoms with Gasteiger partial charge >= 0.3 is 0 Å². The van der Waals surface area contributed by atoms with Crippen LogP contribution in [0.3, 0.4) is 0 Å². The molecule has 0 amide bonds. The van der Waals surface area contributed by atoms with E-state index in [-0.39, 0.29) is 29.8 Å². The third-order valence-electron chi connectivity index (χ3n) is 3.35. The van der Waals surface area contributed by atoms with Crippen LogP contribution >= 0.6 is 39.9 Å². The highest BCUT2D eigenvalue weighted by molar-refractivity contribution is 14.0. The van der Waals surface area contributed by atoms with Gasteiger partial charge in [0.15, 0.2) is 5.96 Å². The lowest BCUT2D eigenvalue weighted by molar-refractivity contribution is 0.487. The Morgan fingerprint density at radius 1 is 1.50 bits per heavy atom. The standard InChI is InChI=1S/C14H19BrFN3.HI/c1-19(12-6-7-12)14(17)18-8-2-3-10-4-5-11(15)9-13(10)16;/h4-5,9,12H,2-3,6-8H2,1H3,(H2,17,18);1H. The number of rotatable bonds is 5. The molecule has 2 rings (SSSR count). The lowest BCUT2D eigenvalue weighted by Crippen LogP contribution is -2.35. The molecule has 0 saturated heterocycles. The van der Waals surface area contributed by atoms with E-state index in [1.165, 1.54) is 18.9 Å². The van der Waals surface area contributed by atoms with Crippen LogP contribution in [0, 0.1) is 5.82 Å². The van der Waals surface area contributed by atoms with Gasteiger partial charge in [0.1, 0.15) is 5.82 Å². The maximum atomic E-state index is 13.6. The first-order valence-electron chi connectivity index (χ1n) is 6.54. The quantitative estimate of drug-likeness (QED) is 0.319. The van der Waals surface area contributed by atoms with Crippen LogP contribution in [0.1, 0.15) is 24.8 Å². The predicted molar refractivity (Wildman–Crippen MR) is 95.1 cm³/mol. The monoisotopic (exact) mass is 455 g/mol. The van der Waals surface area contributed by atoms with Gasteiger partial charge in [0, 0.05) is 24.1 Å². The van der Waals surface area contributed by atoms with Crippen LogP contribution < -0.4 is 5.73 Å². The van der Waals surface area contributed by atoms with Crippen molar-refractivity contribution >= 4 is 45.9 Å². The maximum absolute atomic E-state index is 13.6. The summed E-state index contributed by atoms with van der Waals surface area (Å²) < 4.78 is 14.3. The highest BCUT2D eigenvalue weighted by atomic mass is 127. The summed E-state index contributed by atoms with van der Waals surface area (Å²) in [4.78, 5) is 6.36. The average Bonchev–Trinajstić information content (AvgIpc) is 3.19. The average molecular weight is 456 g/mol. The van der Waals surface area contributed by atoms with Crippen LogP contribution in [-0.2, 0) is 6.42 Å². The fraction of sp³-hybridized carbons (Fsp3) is 0.500. The van der Waals surface area contributed by atoms with E-state index in [2.05, 4.69) is 20.9 Å². The van der Waals surface area contributed by atoms with E-state index in [1.54, 1.807) is 0 Å². The molecule has 1 aromatic carbocycles. The molecule has 0 radical (unpaired) electrons. The van der Waals surface area contributed by atoms with E-state index >= 15 is 0 Å². The van der Waals surface area contributed by atoms with E-state index < -0.39 is 0 Å². The number of guanidine groups is 1. The van der Waals surface area contributed by atoms with Crippen molar-refractivity contribution in [2.75, 3.05) is 13.6 Å². The molecule has 0 unspecified atom stereocenters. The van der Waals surface area contributed by atoms with Gasteiger partial charge in [0.2, 0.25) is 0 Å². The molecule has 3 nitrogen and oxygen atoms in total. The van der Waals surface area contributed by atoms with Crippen molar-refractivity contribution in [2.24, 2.45) is 10.7 Å². The van der Waals surface area contributed by atoms with Crippen LogP contribution in [0.5, 0.6) is 0 Å². The smallest absolute Gasteiger partial charge is 0.191 e. The summed E-state index contributed by atoms with van der Waals surface area (Å²) in [6.07, 6.45) is 3.90. The molecule has 2 N–H and O–H groups in total. The molecular formula is C14H20BrFIN3. The summed E-state index contributed by atoms with van der Waals surface area (Å²) in [5.41, 5.74) is 6.61. The summed E-state index contributed by atoms with van der Waals surface area (Å²) >= 11 is 3.25.